The number of nitrogens with two attached hydrogens (primary N) is 2. The second-order valence-corrected chi connectivity index (χ2v) is 8.02. The van der Waals surface area contributed by atoms with Crippen LogP contribution in [0.3, 0.4) is 0 Å². The number of rotatable bonds is 6. The summed E-state index contributed by atoms with van der Waals surface area (Å²) in [5.74, 6) is 5.30. The number of hydrogen-bond donors (Lipinski definition) is 3. The molecule has 12 nitrogen and oxygen atoms in total. The third-order valence-electron chi connectivity index (χ3n) is 6.01. The molecule has 182 valence electrons. The zero-order chi connectivity index (χ0) is 25.2. The second kappa shape index (κ2) is 9.43. The lowest BCUT2D eigenvalue weighted by atomic mass is 10.00. The Morgan fingerprint density at radius 1 is 1.22 bits per heavy atom. The van der Waals surface area contributed by atoms with Crippen LogP contribution >= 0.6 is 0 Å². The smallest absolute Gasteiger partial charge is 0.295 e. The first-order chi connectivity index (χ1) is 17.5. The zero-order valence-electron chi connectivity index (χ0n) is 19.4. The number of ether oxygens (including phenoxy) is 1. The van der Waals surface area contributed by atoms with E-state index in [2.05, 4.69) is 24.9 Å². The summed E-state index contributed by atoms with van der Waals surface area (Å²) in [6.07, 6.45) is 9.21. The molecule has 12 heteroatoms. The van der Waals surface area contributed by atoms with Gasteiger partial charge in [-0.3, -0.25) is 19.6 Å². The summed E-state index contributed by atoms with van der Waals surface area (Å²) in [4.78, 5) is 48.6. The van der Waals surface area contributed by atoms with E-state index in [1.165, 1.54) is 48.1 Å². The molecule has 0 aromatic carbocycles. The Morgan fingerprint density at radius 2 is 2.08 bits per heavy atom. The van der Waals surface area contributed by atoms with Gasteiger partial charge in [-0.25, -0.2) is 20.8 Å². The minimum atomic E-state index is -0.683. The molecule has 1 aliphatic rings. The Morgan fingerprint density at radius 3 is 2.83 bits per heavy atom. The van der Waals surface area contributed by atoms with E-state index in [-0.39, 0.29) is 12.1 Å². The van der Waals surface area contributed by atoms with Gasteiger partial charge in [0.05, 0.1) is 53.4 Å². The van der Waals surface area contributed by atoms with Crippen molar-refractivity contribution in [1.82, 2.24) is 29.8 Å². The first kappa shape index (κ1) is 22.9. The SMILES string of the molecule is COc1cnc(N(N)/C=C\N)c2[nH]cc(C(=O)C(=O)N3CCc4c(ncnc4-c4ccccn4)C3)c12. The van der Waals surface area contributed by atoms with Gasteiger partial charge in [0.2, 0.25) is 0 Å². The van der Waals surface area contributed by atoms with Gasteiger partial charge < -0.3 is 20.4 Å². The van der Waals surface area contributed by atoms with Gasteiger partial charge in [-0.05, 0) is 18.6 Å². The van der Waals surface area contributed by atoms with Crippen LogP contribution < -0.4 is 21.3 Å². The molecule has 4 aromatic heterocycles. The van der Waals surface area contributed by atoms with Crippen LogP contribution in [0.4, 0.5) is 5.82 Å². The van der Waals surface area contributed by atoms with Crippen molar-refractivity contribution in [1.29, 1.82) is 0 Å². The average Bonchev–Trinajstić information content (AvgIpc) is 3.37. The third kappa shape index (κ3) is 3.88. The molecule has 0 fully saturated rings. The molecule has 1 amide bonds. The van der Waals surface area contributed by atoms with Gasteiger partial charge in [0.15, 0.2) is 5.82 Å². The van der Waals surface area contributed by atoms with Crippen LogP contribution in [0.15, 0.2) is 55.5 Å². The number of amides is 1. The van der Waals surface area contributed by atoms with E-state index >= 15 is 0 Å². The Kier molecular flexibility index (Phi) is 6.00. The summed E-state index contributed by atoms with van der Waals surface area (Å²) < 4.78 is 5.41. The van der Waals surface area contributed by atoms with Gasteiger partial charge in [-0.1, -0.05) is 6.07 Å². The second-order valence-electron chi connectivity index (χ2n) is 8.02. The van der Waals surface area contributed by atoms with Crippen molar-refractivity contribution >= 4 is 28.4 Å². The average molecular weight is 486 g/mol. The highest BCUT2D eigenvalue weighted by atomic mass is 16.5. The monoisotopic (exact) mass is 485 g/mol. The number of fused-ring (bicyclic) bond motifs is 2. The van der Waals surface area contributed by atoms with Crippen LogP contribution in [0.2, 0.25) is 0 Å². The molecule has 5 rings (SSSR count). The van der Waals surface area contributed by atoms with Gasteiger partial charge in [0, 0.05) is 36.9 Å². The van der Waals surface area contributed by atoms with E-state index in [1.807, 2.05) is 18.2 Å². The number of ketones is 1. The van der Waals surface area contributed by atoms with Crippen molar-refractivity contribution in [2.24, 2.45) is 11.6 Å². The van der Waals surface area contributed by atoms with E-state index in [0.29, 0.717) is 41.1 Å². The molecule has 4 aromatic rings. The molecular formula is C24H23N9O3. The number of carbonyl (C=O) groups is 2. The highest BCUT2D eigenvalue weighted by Crippen LogP contribution is 2.34. The Hall–Kier alpha value is -4.84. The third-order valence-corrected chi connectivity index (χ3v) is 6.01. The highest BCUT2D eigenvalue weighted by molar-refractivity contribution is 6.45. The topological polar surface area (TPSA) is 169 Å². The number of aromatic amines is 1. The van der Waals surface area contributed by atoms with Gasteiger partial charge >= 0.3 is 0 Å². The van der Waals surface area contributed by atoms with E-state index in [9.17, 15) is 9.59 Å². The van der Waals surface area contributed by atoms with Gasteiger partial charge in [-0.2, -0.15) is 0 Å². The lowest BCUT2D eigenvalue weighted by Crippen LogP contribution is -2.40. The Bertz CT molecular complexity index is 1480. The number of hydrogen-bond acceptors (Lipinski definition) is 10. The van der Waals surface area contributed by atoms with Crippen molar-refractivity contribution in [3.63, 3.8) is 0 Å². The molecule has 0 atom stereocenters. The standard InChI is InChI=1S/C24H23N9O3/c1-36-18-11-29-23(33(26)9-6-25)21-19(18)15(10-28-21)22(34)24(35)32-8-5-14-17(12-32)30-13-31-20(14)16-4-2-3-7-27-16/h2-4,6-7,9-11,13,28H,5,8,12,25-26H2,1H3/b9-6-. The number of carbonyl (C=O) groups excluding carboxylic acids is 2. The molecule has 0 aliphatic carbocycles. The van der Waals surface area contributed by atoms with Crippen molar-refractivity contribution in [2.45, 2.75) is 13.0 Å². The first-order valence-electron chi connectivity index (χ1n) is 11.1. The lowest BCUT2D eigenvalue weighted by molar-refractivity contribution is -0.127. The highest BCUT2D eigenvalue weighted by Gasteiger charge is 2.31. The molecule has 0 radical (unpaired) electrons. The summed E-state index contributed by atoms with van der Waals surface area (Å²) in [6, 6.07) is 5.60. The van der Waals surface area contributed by atoms with Crippen molar-refractivity contribution in [3.05, 3.63) is 72.3 Å². The van der Waals surface area contributed by atoms with Crippen LogP contribution in [-0.2, 0) is 17.8 Å². The molecular weight excluding hydrogens is 462 g/mol. The number of nitrogens with zero attached hydrogens (tertiary/aromatic N) is 6. The fourth-order valence-electron chi connectivity index (χ4n) is 4.31. The molecule has 1 aliphatic heterocycles. The molecule has 0 bridgehead atoms. The number of nitrogens with one attached hydrogen (secondary N) is 1. The maximum absolute atomic E-state index is 13.4. The van der Waals surface area contributed by atoms with E-state index < -0.39 is 11.7 Å². The minimum Gasteiger partial charge on any atom is -0.494 e. The van der Waals surface area contributed by atoms with Crippen molar-refractivity contribution in [2.75, 3.05) is 18.7 Å². The molecule has 36 heavy (non-hydrogen) atoms. The fraction of sp³-hybridized carbons (Fsp3) is 0.167. The summed E-state index contributed by atoms with van der Waals surface area (Å²) >= 11 is 0. The normalized spacial score (nSPS) is 13.1. The molecule has 5 N–H and O–H groups in total. The van der Waals surface area contributed by atoms with Crippen LogP contribution in [0.5, 0.6) is 5.75 Å². The quantitative estimate of drug-likeness (QED) is 0.157. The van der Waals surface area contributed by atoms with E-state index in [4.69, 9.17) is 16.3 Å². The van der Waals surface area contributed by atoms with E-state index in [0.717, 1.165) is 17.0 Å². The summed E-state index contributed by atoms with van der Waals surface area (Å²) in [6.45, 7) is 0.529. The Balaban J connectivity index is 1.46. The summed E-state index contributed by atoms with van der Waals surface area (Å²) in [5.41, 5.74) is 9.11. The van der Waals surface area contributed by atoms with Crippen LogP contribution in [0.25, 0.3) is 22.3 Å². The van der Waals surface area contributed by atoms with Crippen molar-refractivity contribution in [3.8, 4) is 17.1 Å². The largest absolute Gasteiger partial charge is 0.494 e. The maximum Gasteiger partial charge on any atom is 0.295 e. The fourth-order valence-corrected chi connectivity index (χ4v) is 4.31. The van der Waals surface area contributed by atoms with Crippen LogP contribution in [0, 0.1) is 0 Å². The predicted molar refractivity (Wildman–Crippen MR) is 131 cm³/mol. The number of aromatic nitrogens is 5. The van der Waals surface area contributed by atoms with Crippen molar-refractivity contribution < 1.29 is 14.3 Å². The van der Waals surface area contributed by atoms with Gasteiger partial charge in [-0.15, -0.1) is 0 Å². The van der Waals surface area contributed by atoms with Crippen LogP contribution in [0.1, 0.15) is 21.6 Å². The molecule has 0 saturated heterocycles. The molecule has 0 unspecified atom stereocenters. The number of methoxy groups -OCH3 is 1. The first-order valence-corrected chi connectivity index (χ1v) is 11.1. The van der Waals surface area contributed by atoms with E-state index in [1.54, 1.807) is 6.20 Å². The lowest BCUT2D eigenvalue weighted by Gasteiger charge is -2.28. The molecule has 5 heterocycles. The number of anilines is 1. The minimum absolute atomic E-state index is 0.156. The predicted octanol–water partition coefficient (Wildman–Crippen LogP) is 1.30. The number of Topliss-reactive ketones (excluding diaryl/α,β-unsaturated/α-hetero) is 1. The summed E-state index contributed by atoms with van der Waals surface area (Å²) in [7, 11) is 1.46. The van der Waals surface area contributed by atoms with Gasteiger partial charge in [0.25, 0.3) is 11.7 Å². The summed E-state index contributed by atoms with van der Waals surface area (Å²) in [5, 5.41) is 1.60. The number of pyridine rings is 2. The van der Waals surface area contributed by atoms with Crippen LogP contribution in [-0.4, -0.2) is 55.2 Å². The number of H-pyrrole nitrogens is 1. The van der Waals surface area contributed by atoms with Gasteiger partial charge in [0.1, 0.15) is 12.1 Å². The maximum atomic E-state index is 13.4. The Labute approximate surface area is 205 Å². The molecule has 0 saturated carbocycles. The number of hydrazine groups is 1. The zero-order valence-corrected chi connectivity index (χ0v) is 19.4. The molecule has 0 spiro atoms.